The molecule has 124 valence electrons. The number of hydrogen-bond acceptors (Lipinski definition) is 2. The summed E-state index contributed by atoms with van der Waals surface area (Å²) in [4.78, 5) is 25.3. The molecule has 5 nitrogen and oxygen atoms in total. The molecule has 1 unspecified atom stereocenters. The third-order valence-electron chi connectivity index (χ3n) is 4.12. The summed E-state index contributed by atoms with van der Waals surface area (Å²) < 4.78 is 13.3. The molecule has 6 heteroatoms. The van der Waals surface area contributed by atoms with Gasteiger partial charge in [-0.1, -0.05) is 30.3 Å². The normalized spacial score (nSPS) is 16.4. The van der Waals surface area contributed by atoms with Crippen molar-refractivity contribution in [1.82, 2.24) is 4.90 Å². The number of nitrogens with one attached hydrogen (secondary N) is 1. The SMILES string of the molecule is O=C(O)CC1c2ccccc2CCN1C(=O)Nc1cccc(F)c1. The number of carbonyl (C=O) groups is 2. The maximum Gasteiger partial charge on any atom is 0.322 e. The summed E-state index contributed by atoms with van der Waals surface area (Å²) in [6.07, 6.45) is 0.483. The summed E-state index contributed by atoms with van der Waals surface area (Å²) in [5.74, 6) is -1.42. The number of aliphatic carboxylic acids is 1. The van der Waals surface area contributed by atoms with Crippen LogP contribution >= 0.6 is 0 Å². The first-order chi connectivity index (χ1) is 11.5. The Labute approximate surface area is 138 Å². The number of carbonyl (C=O) groups excluding carboxylic acids is 1. The third kappa shape index (κ3) is 3.37. The van der Waals surface area contributed by atoms with E-state index in [1.54, 1.807) is 6.07 Å². The average molecular weight is 328 g/mol. The number of hydrogen-bond donors (Lipinski definition) is 2. The Balaban J connectivity index is 1.85. The van der Waals surface area contributed by atoms with E-state index in [1.165, 1.54) is 23.1 Å². The molecule has 0 spiro atoms. The van der Waals surface area contributed by atoms with Crippen molar-refractivity contribution in [1.29, 1.82) is 0 Å². The van der Waals surface area contributed by atoms with E-state index in [-0.39, 0.29) is 6.42 Å². The predicted octanol–water partition coefficient (Wildman–Crippen LogP) is 3.43. The number of urea groups is 1. The lowest BCUT2D eigenvalue weighted by molar-refractivity contribution is -0.138. The fourth-order valence-corrected chi connectivity index (χ4v) is 3.04. The molecule has 0 fully saturated rings. The van der Waals surface area contributed by atoms with E-state index in [2.05, 4.69) is 5.32 Å². The molecule has 2 amide bonds. The van der Waals surface area contributed by atoms with E-state index in [9.17, 15) is 19.1 Å². The molecule has 2 aromatic carbocycles. The molecule has 2 aromatic rings. The highest BCUT2D eigenvalue weighted by atomic mass is 19.1. The van der Waals surface area contributed by atoms with Crippen LogP contribution in [-0.2, 0) is 11.2 Å². The molecule has 1 atom stereocenters. The summed E-state index contributed by atoms with van der Waals surface area (Å²) in [6, 6.07) is 12.2. The molecule has 1 aliphatic rings. The Bertz CT molecular complexity index is 778. The Morgan fingerprint density at radius 1 is 1.21 bits per heavy atom. The van der Waals surface area contributed by atoms with Crippen LogP contribution in [-0.4, -0.2) is 28.6 Å². The van der Waals surface area contributed by atoms with E-state index >= 15 is 0 Å². The van der Waals surface area contributed by atoms with Gasteiger partial charge in [0, 0.05) is 12.2 Å². The number of fused-ring (bicyclic) bond motifs is 1. The topological polar surface area (TPSA) is 69.6 Å². The highest BCUT2D eigenvalue weighted by molar-refractivity contribution is 5.90. The highest BCUT2D eigenvalue weighted by Gasteiger charge is 2.32. The van der Waals surface area contributed by atoms with Crippen molar-refractivity contribution >= 4 is 17.7 Å². The van der Waals surface area contributed by atoms with Crippen LogP contribution in [0.3, 0.4) is 0 Å². The molecule has 1 heterocycles. The van der Waals surface area contributed by atoms with E-state index < -0.39 is 23.9 Å². The van der Waals surface area contributed by atoms with Crippen LogP contribution in [0.25, 0.3) is 0 Å². The minimum Gasteiger partial charge on any atom is -0.481 e. The summed E-state index contributed by atoms with van der Waals surface area (Å²) in [5.41, 5.74) is 2.24. The Hall–Kier alpha value is -2.89. The number of anilines is 1. The number of halogens is 1. The summed E-state index contributed by atoms with van der Waals surface area (Å²) in [5, 5.41) is 11.8. The first kappa shape index (κ1) is 16.0. The summed E-state index contributed by atoms with van der Waals surface area (Å²) in [7, 11) is 0. The smallest absolute Gasteiger partial charge is 0.322 e. The Morgan fingerprint density at radius 3 is 2.75 bits per heavy atom. The molecule has 1 aliphatic heterocycles. The maximum absolute atomic E-state index is 13.3. The van der Waals surface area contributed by atoms with Crippen molar-refractivity contribution in [2.24, 2.45) is 0 Å². The predicted molar refractivity (Wildman–Crippen MR) is 87.3 cm³/mol. The number of amides is 2. The van der Waals surface area contributed by atoms with Gasteiger partial charge in [-0.05, 0) is 35.7 Å². The molecule has 3 rings (SSSR count). The van der Waals surface area contributed by atoms with Gasteiger partial charge in [0.05, 0.1) is 12.5 Å². The molecule has 24 heavy (non-hydrogen) atoms. The van der Waals surface area contributed by atoms with Gasteiger partial charge in [-0.2, -0.15) is 0 Å². The van der Waals surface area contributed by atoms with Crippen molar-refractivity contribution in [3.8, 4) is 0 Å². The van der Waals surface area contributed by atoms with E-state index in [0.717, 1.165) is 11.1 Å². The zero-order valence-electron chi connectivity index (χ0n) is 12.9. The molecule has 0 saturated carbocycles. The molecular weight excluding hydrogens is 311 g/mol. The maximum atomic E-state index is 13.3. The van der Waals surface area contributed by atoms with Crippen LogP contribution in [0.15, 0.2) is 48.5 Å². The van der Waals surface area contributed by atoms with Gasteiger partial charge in [0.1, 0.15) is 5.82 Å². The van der Waals surface area contributed by atoms with Gasteiger partial charge in [0.25, 0.3) is 0 Å². The zero-order chi connectivity index (χ0) is 17.1. The second kappa shape index (κ2) is 6.70. The molecule has 0 bridgehead atoms. The summed E-state index contributed by atoms with van der Waals surface area (Å²) in [6.45, 7) is 0.413. The van der Waals surface area contributed by atoms with Crippen LogP contribution < -0.4 is 5.32 Å². The van der Waals surface area contributed by atoms with Crippen LogP contribution in [0.5, 0.6) is 0 Å². The number of nitrogens with zero attached hydrogens (tertiary/aromatic N) is 1. The number of rotatable bonds is 3. The van der Waals surface area contributed by atoms with Crippen LogP contribution in [0.2, 0.25) is 0 Å². The molecule has 0 radical (unpaired) electrons. The molecule has 0 saturated heterocycles. The van der Waals surface area contributed by atoms with Gasteiger partial charge in [0.15, 0.2) is 0 Å². The van der Waals surface area contributed by atoms with Crippen molar-refractivity contribution in [3.05, 3.63) is 65.5 Å². The standard InChI is InChI=1S/C18H17FN2O3/c19-13-5-3-6-14(10-13)20-18(24)21-9-8-12-4-1-2-7-15(12)16(21)11-17(22)23/h1-7,10,16H,8-9,11H2,(H,20,24)(H,22,23). The molecular formula is C18H17FN2O3. The van der Waals surface area contributed by atoms with Crippen LogP contribution in [0.4, 0.5) is 14.9 Å². The van der Waals surface area contributed by atoms with Crippen molar-refractivity contribution in [2.45, 2.75) is 18.9 Å². The largest absolute Gasteiger partial charge is 0.481 e. The molecule has 0 aromatic heterocycles. The van der Waals surface area contributed by atoms with Gasteiger partial charge < -0.3 is 15.3 Å². The lowest BCUT2D eigenvalue weighted by atomic mass is 9.91. The fraction of sp³-hybridized carbons (Fsp3) is 0.222. The Morgan fingerprint density at radius 2 is 2.00 bits per heavy atom. The van der Waals surface area contributed by atoms with E-state index in [0.29, 0.717) is 18.7 Å². The Kier molecular flexibility index (Phi) is 4.46. The van der Waals surface area contributed by atoms with Crippen molar-refractivity contribution in [2.75, 3.05) is 11.9 Å². The van der Waals surface area contributed by atoms with Crippen molar-refractivity contribution in [3.63, 3.8) is 0 Å². The number of carboxylic acid groups (broad SMARTS) is 1. The first-order valence-corrected chi connectivity index (χ1v) is 7.67. The number of benzene rings is 2. The van der Waals surface area contributed by atoms with Crippen molar-refractivity contribution < 1.29 is 19.1 Å². The fourth-order valence-electron chi connectivity index (χ4n) is 3.04. The van der Waals surface area contributed by atoms with Crippen LogP contribution in [0, 0.1) is 5.82 Å². The van der Waals surface area contributed by atoms with Gasteiger partial charge in [-0.25, -0.2) is 9.18 Å². The quantitative estimate of drug-likeness (QED) is 0.907. The number of carboxylic acids is 1. The van der Waals surface area contributed by atoms with Crippen LogP contribution in [0.1, 0.15) is 23.6 Å². The average Bonchev–Trinajstić information content (AvgIpc) is 2.54. The summed E-state index contributed by atoms with van der Waals surface area (Å²) >= 11 is 0. The lowest BCUT2D eigenvalue weighted by Gasteiger charge is -2.36. The van der Waals surface area contributed by atoms with Gasteiger partial charge in [-0.3, -0.25) is 4.79 Å². The second-order valence-electron chi connectivity index (χ2n) is 5.70. The first-order valence-electron chi connectivity index (χ1n) is 7.67. The minimum absolute atomic E-state index is 0.173. The van der Waals surface area contributed by atoms with Gasteiger partial charge in [0.2, 0.25) is 0 Å². The zero-order valence-corrected chi connectivity index (χ0v) is 12.9. The lowest BCUT2D eigenvalue weighted by Crippen LogP contribution is -2.43. The third-order valence-corrected chi connectivity index (χ3v) is 4.12. The molecule has 0 aliphatic carbocycles. The highest BCUT2D eigenvalue weighted by Crippen LogP contribution is 2.32. The minimum atomic E-state index is -0.972. The van der Waals surface area contributed by atoms with E-state index in [4.69, 9.17) is 0 Å². The molecule has 2 N–H and O–H groups in total. The van der Waals surface area contributed by atoms with Gasteiger partial charge in [-0.15, -0.1) is 0 Å². The van der Waals surface area contributed by atoms with Gasteiger partial charge >= 0.3 is 12.0 Å². The van der Waals surface area contributed by atoms with E-state index in [1.807, 2.05) is 24.3 Å². The second-order valence-corrected chi connectivity index (χ2v) is 5.70. The monoisotopic (exact) mass is 328 g/mol.